The van der Waals surface area contributed by atoms with Crippen LogP contribution in [-0.4, -0.2) is 19.7 Å². The molecule has 19 heavy (non-hydrogen) atoms. The third kappa shape index (κ3) is 2.70. The van der Waals surface area contributed by atoms with Gasteiger partial charge < -0.3 is 19.6 Å². The Kier molecular flexibility index (Phi) is 3.75. The lowest BCUT2D eigenvalue weighted by Gasteiger charge is -2.05. The van der Waals surface area contributed by atoms with E-state index in [0.29, 0.717) is 29.4 Å². The van der Waals surface area contributed by atoms with E-state index in [4.69, 9.17) is 19.6 Å². The van der Waals surface area contributed by atoms with Crippen LogP contribution < -0.4 is 10.5 Å². The minimum atomic E-state index is -0.485. The molecule has 2 rings (SSSR count). The van der Waals surface area contributed by atoms with Crippen molar-refractivity contribution in [3.63, 3.8) is 0 Å². The van der Waals surface area contributed by atoms with Crippen LogP contribution in [0.25, 0.3) is 11.3 Å². The molecule has 0 bridgehead atoms. The maximum atomic E-state index is 11.5. The number of ether oxygens (including phenoxy) is 2. The molecule has 0 radical (unpaired) electrons. The van der Waals surface area contributed by atoms with Gasteiger partial charge in [0.2, 0.25) is 5.76 Å². The highest BCUT2D eigenvalue weighted by molar-refractivity contribution is 5.87. The first kappa shape index (κ1) is 13.0. The Morgan fingerprint density at radius 3 is 2.74 bits per heavy atom. The summed E-state index contributed by atoms with van der Waals surface area (Å²) in [5, 5.41) is 0. The van der Waals surface area contributed by atoms with Crippen LogP contribution in [0.15, 0.2) is 34.7 Å². The highest BCUT2D eigenvalue weighted by Gasteiger charge is 2.14. The summed E-state index contributed by atoms with van der Waals surface area (Å²) >= 11 is 0. The molecule has 5 heteroatoms. The number of benzene rings is 1. The Morgan fingerprint density at radius 2 is 2.11 bits per heavy atom. The standard InChI is InChI=1S/C14H15NO4/c1-3-18-14(16)13-7-6-12(19-13)10-5-4-9(17-2)8-11(10)15/h4-8H,3,15H2,1-2H3. The molecule has 0 spiro atoms. The summed E-state index contributed by atoms with van der Waals surface area (Å²) in [4.78, 5) is 11.5. The number of carbonyl (C=O) groups is 1. The lowest BCUT2D eigenvalue weighted by molar-refractivity contribution is 0.0491. The largest absolute Gasteiger partial charge is 0.497 e. The molecule has 2 N–H and O–H groups in total. The topological polar surface area (TPSA) is 74.7 Å². The molecule has 0 amide bonds. The van der Waals surface area contributed by atoms with E-state index >= 15 is 0 Å². The third-order valence-electron chi connectivity index (χ3n) is 2.61. The molecule has 0 saturated carbocycles. The van der Waals surface area contributed by atoms with E-state index in [1.807, 2.05) is 0 Å². The Labute approximate surface area is 110 Å². The van der Waals surface area contributed by atoms with Gasteiger partial charge in [0.1, 0.15) is 11.5 Å². The number of nitrogen functional groups attached to an aromatic ring is 1. The molecule has 0 aliphatic rings. The van der Waals surface area contributed by atoms with E-state index in [2.05, 4.69) is 0 Å². The van der Waals surface area contributed by atoms with Gasteiger partial charge in [-0.2, -0.15) is 0 Å². The van der Waals surface area contributed by atoms with Crippen LogP contribution in [0.5, 0.6) is 5.75 Å². The van der Waals surface area contributed by atoms with Gasteiger partial charge in [0.25, 0.3) is 0 Å². The predicted molar refractivity (Wildman–Crippen MR) is 71.1 cm³/mol. The van der Waals surface area contributed by atoms with Gasteiger partial charge >= 0.3 is 5.97 Å². The number of carbonyl (C=O) groups excluding carboxylic acids is 1. The van der Waals surface area contributed by atoms with Crippen molar-refractivity contribution in [2.75, 3.05) is 19.5 Å². The zero-order valence-electron chi connectivity index (χ0n) is 10.8. The molecule has 0 atom stereocenters. The second-order valence-electron chi connectivity index (χ2n) is 3.84. The molecular weight excluding hydrogens is 246 g/mol. The fourth-order valence-electron chi connectivity index (χ4n) is 1.69. The Bertz CT molecular complexity index is 589. The smallest absolute Gasteiger partial charge is 0.374 e. The van der Waals surface area contributed by atoms with E-state index in [1.165, 1.54) is 0 Å². The highest BCUT2D eigenvalue weighted by Crippen LogP contribution is 2.30. The number of furan rings is 1. The average Bonchev–Trinajstić information content (AvgIpc) is 2.88. The lowest BCUT2D eigenvalue weighted by Crippen LogP contribution is -2.02. The predicted octanol–water partition coefficient (Wildman–Crippen LogP) is 2.71. The minimum absolute atomic E-state index is 0.159. The fraction of sp³-hybridized carbons (Fsp3) is 0.214. The van der Waals surface area contributed by atoms with Crippen LogP contribution in [0, 0.1) is 0 Å². The summed E-state index contributed by atoms with van der Waals surface area (Å²) < 4.78 is 15.4. The maximum absolute atomic E-state index is 11.5. The monoisotopic (exact) mass is 261 g/mol. The Balaban J connectivity index is 2.30. The first-order valence-corrected chi connectivity index (χ1v) is 5.86. The lowest BCUT2D eigenvalue weighted by atomic mass is 10.1. The fourth-order valence-corrected chi connectivity index (χ4v) is 1.69. The SMILES string of the molecule is CCOC(=O)c1ccc(-c2ccc(OC)cc2N)o1. The van der Waals surface area contributed by atoms with Crippen molar-refractivity contribution in [3.05, 3.63) is 36.1 Å². The van der Waals surface area contributed by atoms with Gasteiger partial charge in [-0.05, 0) is 31.2 Å². The normalized spacial score (nSPS) is 10.2. The summed E-state index contributed by atoms with van der Waals surface area (Å²) in [6, 6.07) is 8.50. The summed E-state index contributed by atoms with van der Waals surface area (Å²) in [6.45, 7) is 2.04. The summed E-state index contributed by atoms with van der Waals surface area (Å²) in [5.41, 5.74) is 7.14. The van der Waals surface area contributed by atoms with Crippen molar-refractivity contribution in [2.45, 2.75) is 6.92 Å². The molecular formula is C14H15NO4. The van der Waals surface area contributed by atoms with Crippen LogP contribution in [0.4, 0.5) is 5.69 Å². The molecule has 0 aliphatic carbocycles. The van der Waals surface area contributed by atoms with E-state index in [9.17, 15) is 4.79 Å². The highest BCUT2D eigenvalue weighted by atomic mass is 16.5. The van der Waals surface area contributed by atoms with Crippen LogP contribution in [0.2, 0.25) is 0 Å². The van der Waals surface area contributed by atoms with Gasteiger partial charge in [0.05, 0.1) is 13.7 Å². The number of nitrogens with two attached hydrogens (primary N) is 1. The van der Waals surface area contributed by atoms with Crippen LogP contribution >= 0.6 is 0 Å². The molecule has 1 heterocycles. The molecule has 0 aliphatic heterocycles. The zero-order valence-corrected chi connectivity index (χ0v) is 10.8. The first-order valence-electron chi connectivity index (χ1n) is 5.86. The van der Waals surface area contributed by atoms with E-state index < -0.39 is 5.97 Å². The van der Waals surface area contributed by atoms with Crippen molar-refractivity contribution in [2.24, 2.45) is 0 Å². The van der Waals surface area contributed by atoms with E-state index in [0.717, 1.165) is 0 Å². The van der Waals surface area contributed by atoms with Crippen LogP contribution in [0.1, 0.15) is 17.5 Å². The minimum Gasteiger partial charge on any atom is -0.497 e. The number of hydrogen-bond donors (Lipinski definition) is 1. The Hall–Kier alpha value is -2.43. The molecule has 0 saturated heterocycles. The molecule has 5 nitrogen and oxygen atoms in total. The quantitative estimate of drug-likeness (QED) is 0.676. The van der Waals surface area contributed by atoms with Crippen molar-refractivity contribution in [1.82, 2.24) is 0 Å². The van der Waals surface area contributed by atoms with Gasteiger partial charge in [-0.3, -0.25) is 0 Å². The van der Waals surface area contributed by atoms with Crippen LogP contribution in [0.3, 0.4) is 0 Å². The van der Waals surface area contributed by atoms with Gasteiger partial charge in [-0.15, -0.1) is 0 Å². The van der Waals surface area contributed by atoms with Gasteiger partial charge in [-0.1, -0.05) is 0 Å². The second-order valence-corrected chi connectivity index (χ2v) is 3.84. The molecule has 100 valence electrons. The number of hydrogen-bond acceptors (Lipinski definition) is 5. The molecule has 0 unspecified atom stereocenters. The number of methoxy groups -OCH3 is 1. The van der Waals surface area contributed by atoms with Crippen molar-refractivity contribution < 1.29 is 18.7 Å². The van der Waals surface area contributed by atoms with E-state index in [-0.39, 0.29) is 5.76 Å². The van der Waals surface area contributed by atoms with Gasteiger partial charge in [-0.25, -0.2) is 4.79 Å². The van der Waals surface area contributed by atoms with Gasteiger partial charge in [0.15, 0.2) is 0 Å². The molecule has 2 aromatic rings. The number of rotatable bonds is 4. The van der Waals surface area contributed by atoms with Crippen LogP contribution in [-0.2, 0) is 4.74 Å². The van der Waals surface area contributed by atoms with Gasteiger partial charge in [0, 0.05) is 17.3 Å². The molecule has 1 aromatic heterocycles. The van der Waals surface area contributed by atoms with E-state index in [1.54, 1.807) is 44.4 Å². The third-order valence-corrected chi connectivity index (χ3v) is 2.61. The number of esters is 1. The van der Waals surface area contributed by atoms with Crippen molar-refractivity contribution in [3.8, 4) is 17.1 Å². The Morgan fingerprint density at radius 1 is 1.32 bits per heavy atom. The molecule has 1 aromatic carbocycles. The number of anilines is 1. The first-order chi connectivity index (χ1) is 9.15. The second kappa shape index (κ2) is 5.48. The summed E-state index contributed by atoms with van der Waals surface area (Å²) in [7, 11) is 1.57. The average molecular weight is 261 g/mol. The van der Waals surface area contributed by atoms with Crippen molar-refractivity contribution >= 4 is 11.7 Å². The maximum Gasteiger partial charge on any atom is 0.374 e. The zero-order chi connectivity index (χ0) is 13.8. The summed E-state index contributed by atoms with van der Waals surface area (Å²) in [6.07, 6.45) is 0. The molecule has 0 fully saturated rings. The summed E-state index contributed by atoms with van der Waals surface area (Å²) in [5.74, 6) is 0.856. The van der Waals surface area contributed by atoms with Crippen molar-refractivity contribution in [1.29, 1.82) is 0 Å².